The molecule has 7 heteroatoms. The highest BCUT2D eigenvalue weighted by Gasteiger charge is 2.30. The molecule has 126 valence electrons. The number of fused-ring (bicyclic) bond motifs is 1. The van der Waals surface area contributed by atoms with Gasteiger partial charge in [0.2, 0.25) is 0 Å². The van der Waals surface area contributed by atoms with Crippen molar-refractivity contribution in [2.75, 3.05) is 13.7 Å². The number of benzene rings is 1. The van der Waals surface area contributed by atoms with E-state index in [1.54, 1.807) is 24.4 Å². The quantitative estimate of drug-likeness (QED) is 0.681. The van der Waals surface area contributed by atoms with Crippen LogP contribution in [0.1, 0.15) is 11.4 Å². The maximum atomic E-state index is 10.4. The molecule has 25 heavy (non-hydrogen) atoms. The van der Waals surface area contributed by atoms with Crippen LogP contribution in [0.25, 0.3) is 16.6 Å². The molecule has 2 aromatic heterocycles. The number of imidazole rings is 1. The van der Waals surface area contributed by atoms with Gasteiger partial charge in [0, 0.05) is 25.0 Å². The fraction of sp³-hybridized carbons (Fsp3) is 0.167. The zero-order valence-electron chi connectivity index (χ0n) is 13.7. The Bertz CT molecular complexity index is 978. The molecule has 0 amide bonds. The molecule has 0 saturated heterocycles. The second kappa shape index (κ2) is 5.94. The third kappa shape index (κ3) is 2.69. The van der Waals surface area contributed by atoms with E-state index in [9.17, 15) is 5.11 Å². The molecule has 4 rings (SSSR count). The van der Waals surface area contributed by atoms with E-state index in [4.69, 9.17) is 10.1 Å². The fourth-order valence-electron chi connectivity index (χ4n) is 2.96. The van der Waals surface area contributed by atoms with Crippen LogP contribution in [-0.4, -0.2) is 44.4 Å². The Morgan fingerprint density at radius 3 is 3.00 bits per heavy atom. The molecule has 3 aromatic rings. The van der Waals surface area contributed by atoms with E-state index in [0.717, 1.165) is 22.3 Å². The Balaban J connectivity index is 1.63. The smallest absolute Gasteiger partial charge is 0.145 e. The molecule has 1 aliphatic rings. The van der Waals surface area contributed by atoms with Crippen molar-refractivity contribution in [3.63, 3.8) is 0 Å². The van der Waals surface area contributed by atoms with Crippen LogP contribution in [0.15, 0.2) is 48.5 Å². The molecule has 0 spiro atoms. The summed E-state index contributed by atoms with van der Waals surface area (Å²) < 4.78 is 5.22. The van der Waals surface area contributed by atoms with Gasteiger partial charge in [-0.2, -0.15) is 0 Å². The Labute approximate surface area is 144 Å². The Morgan fingerprint density at radius 2 is 2.24 bits per heavy atom. The summed E-state index contributed by atoms with van der Waals surface area (Å²) in [5.74, 6) is 1.59. The minimum atomic E-state index is 0.139. The Hall–Kier alpha value is -3.35. The lowest BCUT2D eigenvalue weighted by atomic mass is 10.2. The Morgan fingerprint density at radius 1 is 1.36 bits per heavy atom. The first kappa shape index (κ1) is 15.2. The van der Waals surface area contributed by atoms with Crippen LogP contribution in [0.5, 0.6) is 5.75 Å². The number of hydrogen-bond acceptors (Lipinski definition) is 5. The van der Waals surface area contributed by atoms with Crippen LogP contribution in [0.4, 0.5) is 0 Å². The molecule has 0 unspecified atom stereocenters. The topological polar surface area (TPSA) is 98.1 Å². The number of aromatic amines is 1. The highest BCUT2D eigenvalue weighted by atomic mass is 16.5. The number of ether oxygens (including phenoxy) is 1. The van der Waals surface area contributed by atoms with Gasteiger partial charge < -0.3 is 19.7 Å². The summed E-state index contributed by atoms with van der Waals surface area (Å²) in [7, 11) is 1.61. The van der Waals surface area contributed by atoms with Gasteiger partial charge in [-0.25, -0.2) is 4.98 Å². The lowest BCUT2D eigenvalue weighted by Crippen LogP contribution is -2.26. The molecule has 1 aliphatic heterocycles. The van der Waals surface area contributed by atoms with Gasteiger partial charge in [-0.05, 0) is 23.8 Å². The number of rotatable bonds is 4. The predicted octanol–water partition coefficient (Wildman–Crippen LogP) is 2.73. The highest BCUT2D eigenvalue weighted by Crippen LogP contribution is 2.29. The van der Waals surface area contributed by atoms with E-state index < -0.39 is 0 Å². The second-order valence-corrected chi connectivity index (χ2v) is 5.86. The van der Waals surface area contributed by atoms with Gasteiger partial charge in [0.25, 0.3) is 0 Å². The number of aliphatic hydroxyl groups excluding tert-OH is 1. The van der Waals surface area contributed by atoms with Crippen LogP contribution in [0.2, 0.25) is 0 Å². The number of methoxy groups -OCH3 is 1. The minimum absolute atomic E-state index is 0.139. The molecule has 0 bridgehead atoms. The summed E-state index contributed by atoms with van der Waals surface area (Å²) in [6.07, 6.45) is 3.47. The fourth-order valence-corrected chi connectivity index (χ4v) is 2.96. The molecule has 3 heterocycles. The van der Waals surface area contributed by atoms with Crippen LogP contribution >= 0.6 is 0 Å². The third-order valence-corrected chi connectivity index (χ3v) is 4.20. The predicted molar refractivity (Wildman–Crippen MR) is 94.6 cm³/mol. The van der Waals surface area contributed by atoms with Crippen LogP contribution < -0.4 is 4.74 Å². The second-order valence-electron chi connectivity index (χ2n) is 5.86. The molecule has 0 radical (unpaired) electrons. The summed E-state index contributed by atoms with van der Waals surface area (Å²) in [6, 6.07) is 9.32. The van der Waals surface area contributed by atoms with E-state index in [0.29, 0.717) is 17.9 Å². The monoisotopic (exact) mass is 335 g/mol. The first-order valence-electron chi connectivity index (χ1n) is 7.84. The van der Waals surface area contributed by atoms with E-state index in [1.807, 2.05) is 30.3 Å². The molecule has 3 N–H and O–H groups in total. The van der Waals surface area contributed by atoms with Crippen molar-refractivity contribution >= 4 is 22.4 Å². The normalized spacial score (nSPS) is 14.6. The minimum Gasteiger partial charge on any atom is -0.510 e. The molecular formula is C18H17N5O2. The largest absolute Gasteiger partial charge is 0.510 e. The number of nitrogens with zero attached hydrogens (tertiary/aromatic N) is 3. The Kier molecular flexibility index (Phi) is 3.61. The van der Waals surface area contributed by atoms with Gasteiger partial charge >= 0.3 is 0 Å². The zero-order valence-corrected chi connectivity index (χ0v) is 13.7. The van der Waals surface area contributed by atoms with Crippen molar-refractivity contribution in [3.05, 3.63) is 59.9 Å². The maximum Gasteiger partial charge on any atom is 0.145 e. The number of aromatic nitrogens is 3. The third-order valence-electron chi connectivity index (χ3n) is 4.20. The maximum absolute atomic E-state index is 10.4. The molecule has 0 fully saturated rings. The van der Waals surface area contributed by atoms with Crippen molar-refractivity contribution in [1.82, 2.24) is 19.9 Å². The number of amidine groups is 1. The van der Waals surface area contributed by atoms with Crippen molar-refractivity contribution in [3.8, 4) is 5.75 Å². The summed E-state index contributed by atoms with van der Waals surface area (Å²) in [5, 5.41) is 18.8. The average Bonchev–Trinajstić information content (AvgIpc) is 3.15. The standard InChI is InChI=1S/C18H17N5O2/c1-25-12-4-5-13-14(7-12)22-18(21-13)16-15(24)10-23(17(16)19)9-11-3-2-6-20-8-11/h2-8,19,24H,9-10H2,1H3,(H,21,22). The van der Waals surface area contributed by atoms with Gasteiger partial charge in [0.05, 0.1) is 30.3 Å². The van der Waals surface area contributed by atoms with Crippen molar-refractivity contribution in [2.24, 2.45) is 0 Å². The first-order valence-corrected chi connectivity index (χ1v) is 7.84. The zero-order chi connectivity index (χ0) is 17.4. The molecule has 0 atom stereocenters. The molecule has 7 nitrogen and oxygen atoms in total. The number of hydrogen-bond donors (Lipinski definition) is 3. The summed E-state index contributed by atoms with van der Waals surface area (Å²) >= 11 is 0. The number of H-pyrrole nitrogens is 1. The van der Waals surface area contributed by atoms with Gasteiger partial charge in [0.1, 0.15) is 23.2 Å². The van der Waals surface area contributed by atoms with E-state index in [-0.39, 0.29) is 18.1 Å². The van der Waals surface area contributed by atoms with Crippen molar-refractivity contribution in [1.29, 1.82) is 5.41 Å². The summed E-state index contributed by atoms with van der Waals surface area (Å²) in [4.78, 5) is 13.5. The summed E-state index contributed by atoms with van der Waals surface area (Å²) in [6.45, 7) is 0.789. The van der Waals surface area contributed by atoms with E-state index in [1.165, 1.54) is 0 Å². The molecule has 0 saturated carbocycles. The van der Waals surface area contributed by atoms with E-state index >= 15 is 0 Å². The number of aliphatic hydroxyl groups is 1. The van der Waals surface area contributed by atoms with Gasteiger partial charge in [-0.1, -0.05) is 6.07 Å². The van der Waals surface area contributed by atoms with Crippen LogP contribution in [0.3, 0.4) is 0 Å². The first-order chi connectivity index (χ1) is 12.2. The van der Waals surface area contributed by atoms with Gasteiger partial charge in [-0.3, -0.25) is 10.4 Å². The van der Waals surface area contributed by atoms with Gasteiger partial charge in [-0.15, -0.1) is 0 Å². The molecule has 0 aliphatic carbocycles. The molecular weight excluding hydrogens is 318 g/mol. The van der Waals surface area contributed by atoms with Crippen molar-refractivity contribution in [2.45, 2.75) is 6.54 Å². The van der Waals surface area contributed by atoms with Crippen LogP contribution in [-0.2, 0) is 6.54 Å². The highest BCUT2D eigenvalue weighted by molar-refractivity contribution is 6.23. The summed E-state index contributed by atoms with van der Waals surface area (Å²) in [5.41, 5.74) is 2.97. The number of nitrogens with one attached hydrogen (secondary N) is 2. The van der Waals surface area contributed by atoms with Gasteiger partial charge in [0.15, 0.2) is 0 Å². The van der Waals surface area contributed by atoms with Crippen LogP contribution in [0, 0.1) is 5.41 Å². The van der Waals surface area contributed by atoms with E-state index in [2.05, 4.69) is 15.0 Å². The SMILES string of the molecule is COc1ccc2nc(C3=C(O)CN(Cc4cccnc4)C3=N)[nH]c2c1. The average molecular weight is 335 g/mol. The lowest BCUT2D eigenvalue weighted by Gasteiger charge is -2.18. The van der Waals surface area contributed by atoms with Crippen molar-refractivity contribution < 1.29 is 9.84 Å². The molecule has 1 aromatic carbocycles. The number of pyridine rings is 1. The lowest BCUT2D eigenvalue weighted by molar-refractivity contribution is 0.346.